The second kappa shape index (κ2) is 3.79. The summed E-state index contributed by atoms with van der Waals surface area (Å²) in [6.45, 7) is 9.06. The Hall–Kier alpha value is -1.41. The fourth-order valence-electron chi connectivity index (χ4n) is 2.71. The van der Waals surface area contributed by atoms with Gasteiger partial charge in [-0.3, -0.25) is 0 Å². The molecule has 1 aromatic carbocycles. The van der Waals surface area contributed by atoms with Crippen molar-refractivity contribution in [2.24, 2.45) is 0 Å². The Morgan fingerprint density at radius 1 is 1.06 bits per heavy atom. The third kappa shape index (κ3) is 1.64. The zero-order valence-corrected chi connectivity index (χ0v) is 12.1. The van der Waals surface area contributed by atoms with Crippen molar-refractivity contribution < 1.29 is 0 Å². The Bertz CT molecular complexity index is 732. The summed E-state index contributed by atoms with van der Waals surface area (Å²) in [5.74, 6) is 0. The molecule has 0 fully saturated rings. The number of fused-ring (bicyclic) bond motifs is 3. The van der Waals surface area contributed by atoms with Crippen molar-refractivity contribution in [3.63, 3.8) is 0 Å². The molecule has 0 aliphatic rings. The molecule has 0 saturated heterocycles. The fraction of sp³-hybridized carbons (Fsp3) is 0.312. The maximum atomic E-state index is 4.49. The normalized spacial score (nSPS) is 12.4. The molecule has 3 aromatic rings. The van der Waals surface area contributed by atoms with Gasteiger partial charge in [-0.15, -0.1) is 11.3 Å². The van der Waals surface area contributed by atoms with Crippen molar-refractivity contribution in [1.82, 2.24) is 4.98 Å². The highest BCUT2D eigenvalue weighted by atomic mass is 32.1. The van der Waals surface area contributed by atoms with Gasteiger partial charge in [0, 0.05) is 21.7 Å². The summed E-state index contributed by atoms with van der Waals surface area (Å²) in [6, 6.07) is 8.66. The lowest BCUT2D eigenvalue weighted by molar-refractivity contribution is 0.593. The Kier molecular flexibility index (Phi) is 2.46. The van der Waals surface area contributed by atoms with Crippen molar-refractivity contribution in [1.29, 1.82) is 0 Å². The highest BCUT2D eigenvalue weighted by Crippen LogP contribution is 2.40. The highest BCUT2D eigenvalue weighted by Gasteiger charge is 2.21. The molecule has 92 valence electrons. The van der Waals surface area contributed by atoms with Crippen LogP contribution >= 0.6 is 11.3 Å². The Balaban J connectivity index is 2.52. The van der Waals surface area contributed by atoms with Crippen LogP contribution in [0.3, 0.4) is 0 Å². The zero-order chi connectivity index (χ0) is 12.9. The van der Waals surface area contributed by atoms with Crippen molar-refractivity contribution >= 4 is 31.6 Å². The first-order valence-corrected chi connectivity index (χ1v) is 7.07. The number of thiophene rings is 1. The predicted molar refractivity (Wildman–Crippen MR) is 80.6 cm³/mol. The molecule has 18 heavy (non-hydrogen) atoms. The number of benzene rings is 1. The van der Waals surface area contributed by atoms with Crippen LogP contribution in [0.2, 0.25) is 0 Å². The van der Waals surface area contributed by atoms with E-state index >= 15 is 0 Å². The van der Waals surface area contributed by atoms with Crippen molar-refractivity contribution in [3.8, 4) is 0 Å². The molecule has 0 atom stereocenters. The molecule has 2 heteroatoms. The molecular weight excluding hydrogens is 238 g/mol. The van der Waals surface area contributed by atoms with Gasteiger partial charge in [0.15, 0.2) is 0 Å². The number of aromatic nitrogens is 1. The largest absolute Gasteiger partial charge is 0.245 e. The van der Waals surface area contributed by atoms with Crippen LogP contribution in [0.4, 0.5) is 0 Å². The SMILES string of the molecule is Cc1ccc2c(sc3ncccc32)c1C(C)(C)C. The number of pyridine rings is 1. The minimum atomic E-state index is 0.171. The smallest absolute Gasteiger partial charge is 0.124 e. The molecule has 0 spiro atoms. The molecule has 0 radical (unpaired) electrons. The summed E-state index contributed by atoms with van der Waals surface area (Å²) < 4.78 is 1.40. The van der Waals surface area contributed by atoms with Gasteiger partial charge >= 0.3 is 0 Å². The van der Waals surface area contributed by atoms with Gasteiger partial charge in [0.1, 0.15) is 4.83 Å². The molecule has 2 heterocycles. The lowest BCUT2D eigenvalue weighted by Crippen LogP contribution is -2.13. The lowest BCUT2D eigenvalue weighted by atomic mass is 9.83. The topological polar surface area (TPSA) is 12.9 Å². The monoisotopic (exact) mass is 255 g/mol. The number of hydrogen-bond donors (Lipinski definition) is 0. The first-order valence-electron chi connectivity index (χ1n) is 6.26. The minimum Gasteiger partial charge on any atom is -0.245 e. The first-order chi connectivity index (χ1) is 8.48. The molecule has 1 nitrogen and oxygen atoms in total. The summed E-state index contributed by atoms with van der Waals surface area (Å²) in [5, 5.41) is 2.63. The van der Waals surface area contributed by atoms with Crippen LogP contribution in [0.15, 0.2) is 30.5 Å². The van der Waals surface area contributed by atoms with Crippen LogP contribution in [0.25, 0.3) is 20.3 Å². The van der Waals surface area contributed by atoms with E-state index in [2.05, 4.69) is 50.9 Å². The molecule has 0 unspecified atom stereocenters. The van der Waals surface area contributed by atoms with Gasteiger partial charge in [0.05, 0.1) is 0 Å². The van der Waals surface area contributed by atoms with Gasteiger partial charge in [-0.2, -0.15) is 0 Å². The Labute approximate surface area is 111 Å². The maximum absolute atomic E-state index is 4.49. The minimum absolute atomic E-state index is 0.171. The van der Waals surface area contributed by atoms with Gasteiger partial charge in [-0.25, -0.2) is 4.98 Å². The first kappa shape index (κ1) is 11.7. The summed E-state index contributed by atoms with van der Waals surface area (Å²) in [7, 11) is 0. The van der Waals surface area contributed by atoms with Gasteiger partial charge in [-0.05, 0) is 35.6 Å². The maximum Gasteiger partial charge on any atom is 0.124 e. The molecule has 2 aromatic heterocycles. The second-order valence-electron chi connectivity index (χ2n) is 5.84. The quantitative estimate of drug-likeness (QED) is 0.547. The van der Waals surface area contributed by atoms with Crippen molar-refractivity contribution in [2.45, 2.75) is 33.1 Å². The fourth-order valence-corrected chi connectivity index (χ4v) is 4.16. The van der Waals surface area contributed by atoms with Crippen molar-refractivity contribution in [2.75, 3.05) is 0 Å². The van der Waals surface area contributed by atoms with Gasteiger partial charge in [0.25, 0.3) is 0 Å². The van der Waals surface area contributed by atoms with E-state index in [4.69, 9.17) is 0 Å². The third-order valence-corrected chi connectivity index (χ3v) is 4.52. The zero-order valence-electron chi connectivity index (χ0n) is 11.2. The Morgan fingerprint density at radius 3 is 2.56 bits per heavy atom. The van der Waals surface area contributed by atoms with Crippen LogP contribution in [-0.2, 0) is 5.41 Å². The van der Waals surface area contributed by atoms with E-state index in [-0.39, 0.29) is 5.41 Å². The van der Waals surface area contributed by atoms with Crippen LogP contribution in [0.1, 0.15) is 31.9 Å². The molecule has 0 aliphatic carbocycles. The molecule has 0 bridgehead atoms. The van der Waals surface area contributed by atoms with Crippen LogP contribution in [-0.4, -0.2) is 4.98 Å². The van der Waals surface area contributed by atoms with E-state index in [1.807, 2.05) is 23.6 Å². The third-order valence-electron chi connectivity index (χ3n) is 3.38. The van der Waals surface area contributed by atoms with E-state index in [1.165, 1.54) is 26.6 Å². The predicted octanol–water partition coefficient (Wildman–Crippen LogP) is 5.06. The van der Waals surface area contributed by atoms with Gasteiger partial charge in [-0.1, -0.05) is 32.9 Å². The number of nitrogens with zero attached hydrogens (tertiary/aromatic N) is 1. The second-order valence-corrected chi connectivity index (χ2v) is 6.84. The van der Waals surface area contributed by atoms with E-state index in [9.17, 15) is 0 Å². The van der Waals surface area contributed by atoms with E-state index in [0.29, 0.717) is 0 Å². The summed E-state index contributed by atoms with van der Waals surface area (Å²) in [6.07, 6.45) is 1.88. The molecule has 0 saturated carbocycles. The van der Waals surface area contributed by atoms with Gasteiger partial charge < -0.3 is 0 Å². The highest BCUT2D eigenvalue weighted by molar-refractivity contribution is 7.25. The summed E-state index contributed by atoms with van der Waals surface area (Å²) in [4.78, 5) is 5.63. The van der Waals surface area contributed by atoms with E-state index in [1.54, 1.807) is 0 Å². The van der Waals surface area contributed by atoms with Crippen LogP contribution < -0.4 is 0 Å². The molecule has 0 N–H and O–H groups in total. The number of hydrogen-bond acceptors (Lipinski definition) is 2. The van der Waals surface area contributed by atoms with E-state index in [0.717, 1.165) is 4.83 Å². The number of rotatable bonds is 0. The average molecular weight is 255 g/mol. The van der Waals surface area contributed by atoms with Crippen molar-refractivity contribution in [3.05, 3.63) is 41.6 Å². The van der Waals surface area contributed by atoms with E-state index < -0.39 is 0 Å². The average Bonchev–Trinajstić information content (AvgIpc) is 2.64. The van der Waals surface area contributed by atoms with Crippen LogP contribution in [0.5, 0.6) is 0 Å². The summed E-state index contributed by atoms with van der Waals surface area (Å²) >= 11 is 1.82. The molecule has 0 amide bonds. The summed E-state index contributed by atoms with van der Waals surface area (Å²) in [5.41, 5.74) is 3.01. The standard InChI is InChI=1S/C16H17NS/c1-10-7-8-11-12-6-5-9-17-15(12)18-14(11)13(10)16(2,3)4/h5-9H,1-4H3. The van der Waals surface area contributed by atoms with Crippen LogP contribution in [0, 0.1) is 6.92 Å². The number of aryl methyl sites for hydroxylation is 1. The lowest BCUT2D eigenvalue weighted by Gasteiger charge is -2.22. The molecule has 3 rings (SSSR count). The van der Waals surface area contributed by atoms with Gasteiger partial charge in [0.2, 0.25) is 0 Å². The Morgan fingerprint density at radius 2 is 1.83 bits per heavy atom. The molecule has 0 aliphatic heterocycles. The molecular formula is C16H17NS.